The minimum absolute atomic E-state index is 0. The fraction of sp³-hybridized carbons (Fsp3) is 0.127. The maximum absolute atomic E-state index is 4.99. The molecule has 0 aliphatic rings. The van der Waals surface area contributed by atoms with Gasteiger partial charge < -0.3 is 39.0 Å². The largest absolute Gasteiger partial charge is 0.381 e. The third-order valence-electron chi connectivity index (χ3n) is 21.8. The van der Waals surface area contributed by atoms with Crippen LogP contribution < -0.4 is 15.6 Å². The topological polar surface area (TPSA) is 87.2 Å². The molecule has 629 valence electrons. The smallest absolute Gasteiger partial charge is 0.0803 e. The van der Waals surface area contributed by atoms with Gasteiger partial charge >= 0.3 is 0 Å². The SMILES string of the molecule is CCn1c2ccccc2c2cc[c-]c(-c3cc(-c4ccccc4)c([Si](C)(C)C)cn3)c21.C[Si](C)(C)c1ccc(-c2[c-]cc3c4ccccc4n(-c4ccccc4)c3c2)nc1.C[Si](C)(C)c1ccc(-c2[c-]ccc3c2sc2ccccc23)nc1.Cc1cccnc1-c1[c-]cccc1.Cc1cccnc1-c1[c-]cccc1.Cc1cccnc1-c1[c-]cccc1.[Ir].[Ir].[Ir]. The van der Waals surface area contributed by atoms with E-state index in [0.717, 1.165) is 79.8 Å². The number of aryl methyl sites for hydroxylation is 4. The van der Waals surface area contributed by atoms with E-state index in [1.165, 1.54) is 107 Å². The molecule has 9 heterocycles. The number of fused-ring (bicyclic) bond motifs is 9. The molecule has 0 unspecified atom stereocenters. The Bertz CT molecular complexity index is 6760. The molecule has 15 heteroatoms. The van der Waals surface area contributed by atoms with Crippen LogP contribution in [0.3, 0.4) is 0 Å². The van der Waals surface area contributed by atoms with Crippen LogP contribution >= 0.6 is 11.3 Å². The molecule has 0 N–H and O–H groups in total. The summed E-state index contributed by atoms with van der Waals surface area (Å²) in [5.41, 5.74) is 24.6. The fourth-order valence-electron chi connectivity index (χ4n) is 15.3. The summed E-state index contributed by atoms with van der Waals surface area (Å²) in [6.45, 7) is 30.5. The van der Waals surface area contributed by atoms with Gasteiger partial charge in [0.05, 0.1) is 24.2 Å². The Morgan fingerprint density at radius 3 is 1.30 bits per heavy atom. The van der Waals surface area contributed by atoms with Gasteiger partial charge in [0.25, 0.3) is 0 Å². The van der Waals surface area contributed by atoms with Gasteiger partial charge in [0.15, 0.2) is 0 Å². The summed E-state index contributed by atoms with van der Waals surface area (Å²) in [7, 11) is -4.22. The summed E-state index contributed by atoms with van der Waals surface area (Å²) in [4.78, 5) is 27.5. The Morgan fingerprint density at radius 2 is 0.800 bits per heavy atom. The van der Waals surface area contributed by atoms with Gasteiger partial charge in [0.1, 0.15) is 0 Å². The van der Waals surface area contributed by atoms with Crippen molar-refractivity contribution in [3.05, 3.63) is 400 Å². The average molecular weight is 2230 g/mol. The molecule has 11 aromatic carbocycles. The van der Waals surface area contributed by atoms with Crippen LogP contribution in [0.15, 0.2) is 347 Å². The Balaban J connectivity index is 0.000000141. The van der Waals surface area contributed by atoms with Crippen LogP contribution in [0.2, 0.25) is 58.9 Å². The van der Waals surface area contributed by atoms with Crippen molar-refractivity contribution in [2.24, 2.45) is 0 Å². The summed E-state index contributed by atoms with van der Waals surface area (Å²) < 4.78 is 7.33. The minimum atomic E-state index is -1.56. The Kier molecular flexibility index (Phi) is 31.3. The third-order valence-corrected chi connectivity index (χ3v) is 29.0. The van der Waals surface area contributed by atoms with Crippen molar-refractivity contribution in [1.82, 2.24) is 39.0 Å². The maximum Gasteiger partial charge on any atom is 0.0803 e. The van der Waals surface area contributed by atoms with E-state index in [9.17, 15) is 0 Å². The molecule has 9 aromatic heterocycles. The molecule has 0 spiro atoms. The van der Waals surface area contributed by atoms with Gasteiger partial charge in [-0.05, 0) is 169 Å². The molecule has 8 nitrogen and oxygen atoms in total. The second-order valence-electron chi connectivity index (χ2n) is 33.3. The van der Waals surface area contributed by atoms with Gasteiger partial charge in [-0.2, -0.15) is 11.3 Å². The number of aromatic nitrogens is 8. The number of rotatable bonds is 12. The first kappa shape index (κ1) is 92.9. The van der Waals surface area contributed by atoms with Gasteiger partial charge in [-0.15, -0.1) is 179 Å². The number of nitrogens with zero attached hydrogens (tertiary/aromatic N) is 8. The van der Waals surface area contributed by atoms with Crippen LogP contribution in [-0.2, 0) is 66.9 Å². The second kappa shape index (κ2) is 42.2. The fourth-order valence-corrected chi connectivity index (χ4v) is 20.1. The van der Waals surface area contributed by atoms with Crippen molar-refractivity contribution < 1.29 is 60.3 Å². The average Bonchev–Trinajstić information content (AvgIpc) is 1.61. The first-order valence-electron chi connectivity index (χ1n) is 41.6. The summed E-state index contributed by atoms with van der Waals surface area (Å²) >= 11 is 1.83. The van der Waals surface area contributed by atoms with E-state index in [-0.39, 0.29) is 60.3 Å². The standard InChI is InChI=1S/C28H27N2Si.C26H23N2Si.C20H18NSSi.3C12H10N.3Ir/c1-5-30-26-17-10-9-14-21(26)22-15-11-16-23(28(22)30)25-18-24(20-12-7-6-8-13-20)27(19-29-25)31(2,3)4;1-29(2,3)21-14-16-24(27-18-21)19-13-15-23-22-11-7-8-12-25(22)28(26(23)17-19)20-9-5-4-6-10-20;1-23(2,3)14-11-12-18(21-13-14)17-9-6-8-16-15-7-4-5-10-19(15)22-20(16)17;3*1-10-6-5-9-13-12(10)11-7-3-2-4-8-11;;;/h6-15,17-19H,5H2,1-4H3;4-12,14-18H,1-3H3;4-8,10-13H,1-3H3;3*2-7,9H,1H3;;;/q6*-1;;;. The Labute approximate surface area is 784 Å². The zero-order valence-corrected chi connectivity index (χ0v) is 83.6. The molecular formula is C110H98Ir3N8SSi3-6. The monoisotopic (exact) mass is 2230 g/mol. The molecule has 0 amide bonds. The molecule has 125 heavy (non-hydrogen) atoms. The van der Waals surface area contributed by atoms with E-state index in [2.05, 4.69) is 366 Å². The normalized spacial score (nSPS) is 11.1. The molecule has 20 aromatic rings. The molecule has 0 aliphatic heterocycles. The number of thiophene rings is 1. The summed E-state index contributed by atoms with van der Waals surface area (Å²) in [5, 5.41) is 11.8. The van der Waals surface area contributed by atoms with Gasteiger partial charge in [0, 0.05) is 125 Å². The Morgan fingerprint density at radius 1 is 0.336 bits per heavy atom. The summed E-state index contributed by atoms with van der Waals surface area (Å²) in [6.07, 6.45) is 11.7. The first-order chi connectivity index (χ1) is 59.2. The number of hydrogen-bond acceptors (Lipinski definition) is 7. The van der Waals surface area contributed by atoms with E-state index in [4.69, 9.17) is 15.0 Å². The van der Waals surface area contributed by atoms with Crippen molar-refractivity contribution in [1.29, 1.82) is 0 Å². The molecule has 0 bridgehead atoms. The zero-order valence-electron chi connectivity index (χ0n) is 72.6. The van der Waals surface area contributed by atoms with Crippen LogP contribution in [0.5, 0.6) is 0 Å². The molecule has 0 saturated heterocycles. The molecule has 20 rings (SSSR count). The van der Waals surface area contributed by atoms with Crippen molar-refractivity contribution in [2.75, 3.05) is 0 Å². The van der Waals surface area contributed by atoms with E-state index in [0.29, 0.717) is 0 Å². The minimum Gasteiger partial charge on any atom is -0.381 e. The first-order valence-corrected chi connectivity index (χ1v) is 52.9. The van der Waals surface area contributed by atoms with Gasteiger partial charge in [-0.3, -0.25) is 0 Å². The van der Waals surface area contributed by atoms with Crippen LogP contribution in [0.1, 0.15) is 23.6 Å². The quantitative estimate of drug-likeness (QED) is 0.0895. The van der Waals surface area contributed by atoms with Crippen molar-refractivity contribution in [3.63, 3.8) is 0 Å². The predicted molar refractivity (Wildman–Crippen MR) is 526 cm³/mol. The Hall–Kier alpha value is -11.3. The molecule has 0 fully saturated rings. The van der Waals surface area contributed by atoms with Crippen LogP contribution in [-0.4, -0.2) is 63.3 Å². The number of pyridine rings is 6. The van der Waals surface area contributed by atoms with Crippen molar-refractivity contribution >= 4 is 115 Å². The molecule has 3 radical (unpaired) electrons. The van der Waals surface area contributed by atoms with E-state index in [1.807, 2.05) is 139 Å². The number of hydrogen-bond donors (Lipinski definition) is 0. The summed E-state index contributed by atoms with van der Waals surface area (Å²) in [6, 6.07) is 126. The van der Waals surface area contributed by atoms with Gasteiger partial charge in [-0.1, -0.05) is 243 Å². The molecular weight excluding hydrogens is 2130 g/mol. The van der Waals surface area contributed by atoms with E-state index in [1.54, 1.807) is 0 Å². The van der Waals surface area contributed by atoms with Crippen LogP contribution in [0.4, 0.5) is 0 Å². The van der Waals surface area contributed by atoms with Crippen molar-refractivity contribution in [3.8, 4) is 84.4 Å². The number of para-hydroxylation sites is 3. The van der Waals surface area contributed by atoms with Crippen LogP contribution in [0.25, 0.3) is 148 Å². The maximum atomic E-state index is 4.99. The molecule has 0 saturated carbocycles. The summed E-state index contributed by atoms with van der Waals surface area (Å²) in [5.74, 6) is 0. The van der Waals surface area contributed by atoms with Gasteiger partial charge in [0.2, 0.25) is 0 Å². The third kappa shape index (κ3) is 21.6. The van der Waals surface area contributed by atoms with E-state index < -0.39 is 24.2 Å². The molecule has 0 atom stereocenters. The number of benzene rings is 11. The zero-order chi connectivity index (χ0) is 84.9. The predicted octanol–water partition coefficient (Wildman–Crippen LogP) is 27.1. The molecule has 0 aliphatic carbocycles. The van der Waals surface area contributed by atoms with Gasteiger partial charge in [-0.25, -0.2) is 0 Å². The van der Waals surface area contributed by atoms with E-state index >= 15 is 0 Å². The van der Waals surface area contributed by atoms with Crippen molar-refractivity contribution in [2.45, 2.75) is 93.2 Å². The van der Waals surface area contributed by atoms with Crippen LogP contribution in [0, 0.1) is 57.2 Å². The second-order valence-corrected chi connectivity index (χ2v) is 49.6.